The molecule has 1 nitrogen and oxygen atoms in total. The van der Waals surface area contributed by atoms with E-state index in [-0.39, 0.29) is 0 Å². The minimum Gasteiger partial charge on any atom is -0.501 e. The number of hydrogen-bond acceptors (Lipinski definition) is 2. The van der Waals surface area contributed by atoms with Crippen LogP contribution in [0.1, 0.15) is 33.1 Å². The average Bonchev–Trinajstić information content (AvgIpc) is 2.14. The first-order chi connectivity index (χ1) is 6.29. The first kappa shape index (κ1) is 11.0. The Balaban J connectivity index is 2.01. The topological polar surface area (TPSA) is 9.23 Å². The van der Waals surface area contributed by atoms with E-state index in [1.54, 1.807) is 0 Å². The van der Waals surface area contributed by atoms with E-state index in [0.29, 0.717) is 0 Å². The van der Waals surface area contributed by atoms with Gasteiger partial charge in [0.25, 0.3) is 0 Å². The Labute approximate surface area is 85.9 Å². The van der Waals surface area contributed by atoms with Gasteiger partial charge in [0.15, 0.2) is 0 Å². The van der Waals surface area contributed by atoms with E-state index in [1.807, 2.05) is 6.26 Å². The van der Waals surface area contributed by atoms with Crippen LogP contribution >= 0.6 is 11.8 Å². The van der Waals surface area contributed by atoms with Gasteiger partial charge < -0.3 is 4.74 Å². The van der Waals surface area contributed by atoms with E-state index in [9.17, 15) is 0 Å². The van der Waals surface area contributed by atoms with E-state index in [0.717, 1.165) is 12.5 Å². The lowest BCUT2D eigenvalue weighted by Crippen LogP contribution is -2.11. The second-order valence-corrected chi connectivity index (χ2v) is 5.14. The molecule has 0 spiro atoms. The number of allylic oxidation sites excluding steroid dienone is 1. The van der Waals surface area contributed by atoms with Crippen LogP contribution in [0.25, 0.3) is 0 Å². The molecule has 0 aromatic carbocycles. The maximum Gasteiger partial charge on any atom is 0.0875 e. The zero-order valence-electron chi connectivity index (χ0n) is 8.71. The molecule has 0 aliphatic carbocycles. The largest absolute Gasteiger partial charge is 0.501 e. The van der Waals surface area contributed by atoms with Crippen LogP contribution < -0.4 is 0 Å². The van der Waals surface area contributed by atoms with Crippen LogP contribution in [0.4, 0.5) is 0 Å². The Hall–Kier alpha value is -0.110. The van der Waals surface area contributed by atoms with Gasteiger partial charge in [-0.3, -0.25) is 0 Å². The monoisotopic (exact) mass is 200 g/mol. The summed E-state index contributed by atoms with van der Waals surface area (Å²) in [7, 11) is 0. The molecule has 1 aliphatic heterocycles. The molecule has 1 aliphatic rings. The van der Waals surface area contributed by atoms with Crippen molar-refractivity contribution in [2.75, 3.05) is 18.1 Å². The Kier molecular flexibility index (Phi) is 5.37. The third-order valence-electron chi connectivity index (χ3n) is 2.30. The van der Waals surface area contributed by atoms with E-state index in [4.69, 9.17) is 4.74 Å². The van der Waals surface area contributed by atoms with Gasteiger partial charge in [-0.2, -0.15) is 11.8 Å². The molecule has 13 heavy (non-hydrogen) atoms. The highest BCUT2D eigenvalue weighted by molar-refractivity contribution is 7.99. The van der Waals surface area contributed by atoms with E-state index < -0.39 is 0 Å². The molecule has 0 radical (unpaired) electrons. The van der Waals surface area contributed by atoms with Crippen molar-refractivity contribution in [3.63, 3.8) is 0 Å². The lowest BCUT2D eigenvalue weighted by Gasteiger charge is -2.20. The summed E-state index contributed by atoms with van der Waals surface area (Å²) < 4.78 is 5.43. The molecular formula is C11H20OS. The summed E-state index contributed by atoms with van der Waals surface area (Å²) in [5.41, 5.74) is 1.25. The predicted octanol–water partition coefficient (Wildman–Crippen LogP) is 3.46. The number of hydrogen-bond donors (Lipinski definition) is 0. The van der Waals surface area contributed by atoms with Gasteiger partial charge in [-0.25, -0.2) is 0 Å². The lowest BCUT2D eigenvalue weighted by atomic mass is 10.00. The van der Waals surface area contributed by atoms with Gasteiger partial charge in [0.05, 0.1) is 12.9 Å². The zero-order valence-corrected chi connectivity index (χ0v) is 9.53. The predicted molar refractivity (Wildman–Crippen MR) is 60.0 cm³/mol. The van der Waals surface area contributed by atoms with Crippen molar-refractivity contribution in [1.82, 2.24) is 0 Å². The van der Waals surface area contributed by atoms with Crippen LogP contribution in [0.2, 0.25) is 0 Å². The van der Waals surface area contributed by atoms with Crippen LogP contribution in [0.3, 0.4) is 0 Å². The number of ether oxygens (including phenoxy) is 1. The van der Waals surface area contributed by atoms with Gasteiger partial charge in [-0.15, -0.1) is 0 Å². The van der Waals surface area contributed by atoms with Gasteiger partial charge in [0, 0.05) is 0 Å². The highest BCUT2D eigenvalue weighted by atomic mass is 32.2. The maximum absolute atomic E-state index is 5.43. The molecule has 0 unspecified atom stereocenters. The average molecular weight is 200 g/mol. The Morgan fingerprint density at radius 2 is 2.08 bits per heavy atom. The molecule has 0 N–H and O–H groups in total. The fraction of sp³-hybridized carbons (Fsp3) is 0.818. The Morgan fingerprint density at radius 3 is 2.69 bits per heavy atom. The summed E-state index contributed by atoms with van der Waals surface area (Å²) in [5, 5.41) is 0. The van der Waals surface area contributed by atoms with Gasteiger partial charge >= 0.3 is 0 Å². The summed E-state index contributed by atoms with van der Waals surface area (Å²) in [6.07, 6.45) is 5.90. The summed E-state index contributed by atoms with van der Waals surface area (Å²) in [6.45, 7) is 5.04. The second-order valence-electron chi connectivity index (χ2n) is 3.91. The Morgan fingerprint density at radius 1 is 1.38 bits per heavy atom. The van der Waals surface area contributed by atoms with Crippen LogP contribution in [0, 0.1) is 5.92 Å². The SMILES string of the molecule is CC(C)=COCCC1CCSCC1. The standard InChI is InChI=1S/C11H20OS/c1-10(2)9-12-6-3-11-4-7-13-8-5-11/h9,11H,3-8H2,1-2H3. The Bertz CT molecular complexity index is 155. The summed E-state index contributed by atoms with van der Waals surface area (Å²) in [5.74, 6) is 3.63. The van der Waals surface area contributed by atoms with Crippen molar-refractivity contribution >= 4 is 11.8 Å². The lowest BCUT2D eigenvalue weighted by molar-refractivity contribution is 0.215. The summed E-state index contributed by atoms with van der Waals surface area (Å²) in [4.78, 5) is 0. The molecular weight excluding hydrogens is 180 g/mol. The molecule has 0 saturated carbocycles. The fourth-order valence-corrected chi connectivity index (χ4v) is 2.70. The van der Waals surface area contributed by atoms with E-state index in [1.165, 1.54) is 36.3 Å². The van der Waals surface area contributed by atoms with Crippen molar-refractivity contribution in [3.05, 3.63) is 11.8 Å². The van der Waals surface area contributed by atoms with Crippen LogP contribution in [0.5, 0.6) is 0 Å². The highest BCUT2D eigenvalue weighted by Gasteiger charge is 2.12. The van der Waals surface area contributed by atoms with Crippen molar-refractivity contribution < 1.29 is 4.74 Å². The van der Waals surface area contributed by atoms with Gasteiger partial charge in [-0.05, 0) is 56.1 Å². The van der Waals surface area contributed by atoms with Gasteiger partial charge in [-0.1, -0.05) is 0 Å². The van der Waals surface area contributed by atoms with Gasteiger partial charge in [0.1, 0.15) is 0 Å². The van der Waals surface area contributed by atoms with Crippen LogP contribution in [-0.4, -0.2) is 18.1 Å². The first-order valence-electron chi connectivity index (χ1n) is 5.12. The quantitative estimate of drug-likeness (QED) is 0.508. The number of rotatable bonds is 4. The smallest absolute Gasteiger partial charge is 0.0875 e. The molecule has 76 valence electrons. The molecule has 0 amide bonds. The number of thioether (sulfide) groups is 1. The molecule has 2 heteroatoms. The maximum atomic E-state index is 5.43. The zero-order chi connectivity index (χ0) is 9.52. The minimum absolute atomic E-state index is 0.903. The van der Waals surface area contributed by atoms with Crippen molar-refractivity contribution in [2.24, 2.45) is 5.92 Å². The van der Waals surface area contributed by atoms with Crippen LogP contribution in [-0.2, 0) is 4.74 Å². The normalized spacial score (nSPS) is 18.3. The molecule has 1 heterocycles. The van der Waals surface area contributed by atoms with Crippen molar-refractivity contribution in [3.8, 4) is 0 Å². The first-order valence-corrected chi connectivity index (χ1v) is 6.27. The fourth-order valence-electron chi connectivity index (χ4n) is 1.50. The third kappa shape index (κ3) is 5.25. The van der Waals surface area contributed by atoms with E-state index >= 15 is 0 Å². The second kappa shape index (κ2) is 6.36. The molecule has 0 aromatic heterocycles. The molecule has 1 rings (SSSR count). The molecule has 1 fully saturated rings. The molecule has 0 aromatic rings. The molecule has 0 bridgehead atoms. The van der Waals surface area contributed by atoms with Crippen molar-refractivity contribution in [2.45, 2.75) is 33.1 Å². The summed E-state index contributed by atoms with van der Waals surface area (Å²) in [6, 6.07) is 0. The molecule has 1 saturated heterocycles. The summed E-state index contributed by atoms with van der Waals surface area (Å²) >= 11 is 2.09. The van der Waals surface area contributed by atoms with Crippen LogP contribution in [0.15, 0.2) is 11.8 Å². The third-order valence-corrected chi connectivity index (χ3v) is 3.35. The van der Waals surface area contributed by atoms with E-state index in [2.05, 4.69) is 25.6 Å². The highest BCUT2D eigenvalue weighted by Crippen LogP contribution is 2.25. The van der Waals surface area contributed by atoms with Gasteiger partial charge in [0.2, 0.25) is 0 Å². The minimum atomic E-state index is 0.903. The van der Waals surface area contributed by atoms with Crippen molar-refractivity contribution in [1.29, 1.82) is 0 Å². The molecule has 0 atom stereocenters.